The van der Waals surface area contributed by atoms with Crippen LogP contribution in [-0.2, 0) is 13.0 Å². The molecule has 0 spiro atoms. The van der Waals surface area contributed by atoms with Crippen LogP contribution < -0.4 is 5.56 Å². The predicted octanol–water partition coefficient (Wildman–Crippen LogP) is 2.75. The van der Waals surface area contributed by atoms with Crippen molar-refractivity contribution in [1.29, 1.82) is 0 Å². The molecule has 0 radical (unpaired) electrons. The average molecular weight is 328 g/mol. The lowest BCUT2D eigenvalue weighted by Gasteiger charge is -2.35. The maximum atomic E-state index is 12.7. The summed E-state index contributed by atoms with van der Waals surface area (Å²) in [5.41, 5.74) is 1.50. The number of rotatable bonds is 6. The number of carboxylic acid groups (broad SMARTS) is 1. The predicted molar refractivity (Wildman–Crippen MR) is 94.8 cm³/mol. The third kappa shape index (κ3) is 2.84. The molecule has 0 amide bonds. The first kappa shape index (κ1) is 16.7. The van der Waals surface area contributed by atoms with Crippen molar-refractivity contribution in [3.63, 3.8) is 0 Å². The summed E-state index contributed by atoms with van der Waals surface area (Å²) in [7, 11) is 0. The molecule has 1 aliphatic heterocycles. The lowest BCUT2D eigenvalue weighted by molar-refractivity contribution is 0.0694. The van der Waals surface area contributed by atoms with Gasteiger partial charge in [0.25, 0.3) is 5.56 Å². The van der Waals surface area contributed by atoms with Crippen LogP contribution in [0.5, 0.6) is 0 Å². The zero-order valence-electron chi connectivity index (χ0n) is 14.3. The minimum Gasteiger partial charge on any atom is -0.477 e. The van der Waals surface area contributed by atoms with Crippen molar-refractivity contribution >= 4 is 16.9 Å². The maximum Gasteiger partial charge on any atom is 0.341 e. The Hall–Kier alpha value is -2.14. The minimum absolute atomic E-state index is 0.141. The molecule has 2 heterocycles. The number of para-hydroxylation sites is 1. The Morgan fingerprint density at radius 1 is 1.29 bits per heavy atom. The highest BCUT2D eigenvalue weighted by molar-refractivity contribution is 5.93. The zero-order chi connectivity index (χ0) is 17.3. The Morgan fingerprint density at radius 2 is 2.00 bits per heavy atom. The van der Waals surface area contributed by atoms with Gasteiger partial charge in [-0.25, -0.2) is 4.79 Å². The molecule has 1 atom stereocenters. The van der Waals surface area contributed by atoms with Crippen LogP contribution in [0.1, 0.15) is 42.6 Å². The summed E-state index contributed by atoms with van der Waals surface area (Å²) >= 11 is 0. The third-order valence-electron chi connectivity index (χ3n) is 4.81. The second-order valence-electron chi connectivity index (χ2n) is 6.53. The topological polar surface area (TPSA) is 62.5 Å². The van der Waals surface area contributed by atoms with E-state index >= 15 is 0 Å². The quantitative estimate of drug-likeness (QED) is 0.886. The number of benzene rings is 1. The van der Waals surface area contributed by atoms with Gasteiger partial charge in [-0.3, -0.25) is 9.69 Å². The van der Waals surface area contributed by atoms with E-state index in [2.05, 4.69) is 24.8 Å². The standard InChI is InChI=1S/C19H24N2O3/c1-3-8-20(9-4-2)15-10-13-6-5-7-14-11-16(19(23)24)18(22)21(12-15)17(13)14/h5-7,11,15H,3-4,8-10,12H2,1-2H3,(H,23,24). The summed E-state index contributed by atoms with van der Waals surface area (Å²) < 4.78 is 1.68. The van der Waals surface area contributed by atoms with E-state index in [-0.39, 0.29) is 17.2 Å². The number of carboxylic acids is 1. The number of hydrogen-bond donors (Lipinski definition) is 1. The molecule has 1 N–H and O–H groups in total. The molecule has 1 aromatic carbocycles. The smallest absolute Gasteiger partial charge is 0.341 e. The van der Waals surface area contributed by atoms with Crippen molar-refractivity contribution in [1.82, 2.24) is 9.47 Å². The molecule has 5 heteroatoms. The van der Waals surface area contributed by atoms with E-state index in [0.717, 1.165) is 48.8 Å². The summed E-state index contributed by atoms with van der Waals surface area (Å²) in [5.74, 6) is -1.16. The number of aromatic carboxylic acids is 1. The van der Waals surface area contributed by atoms with Gasteiger partial charge < -0.3 is 9.67 Å². The van der Waals surface area contributed by atoms with E-state index in [1.165, 1.54) is 6.07 Å². The summed E-state index contributed by atoms with van der Waals surface area (Å²) in [5, 5.41) is 10.2. The molecule has 1 aromatic heterocycles. The van der Waals surface area contributed by atoms with Gasteiger partial charge >= 0.3 is 5.97 Å². The van der Waals surface area contributed by atoms with Crippen LogP contribution in [0.2, 0.25) is 0 Å². The van der Waals surface area contributed by atoms with Crippen molar-refractivity contribution < 1.29 is 9.90 Å². The van der Waals surface area contributed by atoms with Crippen LogP contribution in [0.15, 0.2) is 29.1 Å². The molecule has 24 heavy (non-hydrogen) atoms. The number of pyridine rings is 1. The Balaban J connectivity index is 2.12. The first-order valence-corrected chi connectivity index (χ1v) is 8.69. The molecule has 3 rings (SSSR count). The average Bonchev–Trinajstić information content (AvgIpc) is 2.57. The van der Waals surface area contributed by atoms with Gasteiger partial charge in [-0.05, 0) is 49.4 Å². The first-order valence-electron chi connectivity index (χ1n) is 8.69. The second-order valence-corrected chi connectivity index (χ2v) is 6.53. The normalized spacial score (nSPS) is 16.7. The molecule has 0 fully saturated rings. The summed E-state index contributed by atoms with van der Waals surface area (Å²) in [4.78, 5) is 26.6. The van der Waals surface area contributed by atoms with Crippen LogP contribution in [0.3, 0.4) is 0 Å². The zero-order valence-corrected chi connectivity index (χ0v) is 14.3. The Bertz CT molecular complexity index is 819. The Morgan fingerprint density at radius 3 is 2.62 bits per heavy atom. The molecule has 0 saturated carbocycles. The van der Waals surface area contributed by atoms with Gasteiger partial charge in [0.1, 0.15) is 5.56 Å². The molecule has 1 aliphatic rings. The van der Waals surface area contributed by atoms with E-state index < -0.39 is 5.97 Å². The monoisotopic (exact) mass is 328 g/mol. The summed E-state index contributed by atoms with van der Waals surface area (Å²) in [6.45, 7) is 6.88. The second kappa shape index (κ2) is 6.77. The fourth-order valence-electron chi connectivity index (χ4n) is 3.84. The SMILES string of the molecule is CCCN(CCC)C1Cc2cccc3cc(C(=O)O)c(=O)n(c23)C1. The number of aromatic nitrogens is 1. The minimum atomic E-state index is -1.16. The van der Waals surface area contributed by atoms with Gasteiger partial charge in [-0.15, -0.1) is 0 Å². The fourth-order valence-corrected chi connectivity index (χ4v) is 3.84. The molecule has 0 saturated heterocycles. The number of hydrogen-bond acceptors (Lipinski definition) is 3. The molecular weight excluding hydrogens is 304 g/mol. The van der Waals surface area contributed by atoms with Gasteiger partial charge in [0.05, 0.1) is 5.52 Å². The van der Waals surface area contributed by atoms with Crippen LogP contribution >= 0.6 is 0 Å². The summed E-state index contributed by atoms with van der Waals surface area (Å²) in [6, 6.07) is 7.64. The van der Waals surface area contributed by atoms with Crippen LogP contribution in [0.25, 0.3) is 10.9 Å². The molecule has 2 aromatic rings. The number of nitrogens with zero attached hydrogens (tertiary/aromatic N) is 2. The molecule has 5 nitrogen and oxygen atoms in total. The third-order valence-corrected chi connectivity index (χ3v) is 4.81. The van der Waals surface area contributed by atoms with E-state index in [0.29, 0.717) is 6.54 Å². The highest BCUT2D eigenvalue weighted by Gasteiger charge is 2.27. The molecule has 128 valence electrons. The Kier molecular flexibility index (Phi) is 4.71. The molecule has 0 aliphatic carbocycles. The van der Waals surface area contributed by atoms with Crippen molar-refractivity contribution in [2.75, 3.05) is 13.1 Å². The lowest BCUT2D eigenvalue weighted by atomic mass is 9.95. The molecular formula is C19H24N2O3. The van der Waals surface area contributed by atoms with Gasteiger partial charge in [-0.1, -0.05) is 32.0 Å². The van der Waals surface area contributed by atoms with Gasteiger partial charge in [0.15, 0.2) is 0 Å². The van der Waals surface area contributed by atoms with Gasteiger partial charge in [-0.2, -0.15) is 0 Å². The molecule has 1 unspecified atom stereocenters. The molecule has 0 bridgehead atoms. The van der Waals surface area contributed by atoms with Crippen molar-refractivity contribution in [2.24, 2.45) is 0 Å². The summed E-state index contributed by atoms with van der Waals surface area (Å²) in [6.07, 6.45) is 3.04. The number of carbonyl (C=O) groups is 1. The van der Waals surface area contributed by atoms with Crippen molar-refractivity contribution in [3.8, 4) is 0 Å². The first-order chi connectivity index (χ1) is 11.6. The van der Waals surface area contributed by atoms with Gasteiger partial charge in [0, 0.05) is 12.6 Å². The van der Waals surface area contributed by atoms with Crippen molar-refractivity contribution in [3.05, 3.63) is 45.7 Å². The fraction of sp³-hybridized carbons (Fsp3) is 0.474. The van der Waals surface area contributed by atoms with Crippen LogP contribution in [-0.4, -0.2) is 39.7 Å². The van der Waals surface area contributed by atoms with Gasteiger partial charge in [0.2, 0.25) is 0 Å². The lowest BCUT2D eigenvalue weighted by Crippen LogP contribution is -2.45. The highest BCUT2D eigenvalue weighted by Crippen LogP contribution is 2.26. The van der Waals surface area contributed by atoms with E-state index in [1.54, 1.807) is 4.57 Å². The van der Waals surface area contributed by atoms with E-state index in [4.69, 9.17) is 0 Å². The van der Waals surface area contributed by atoms with Crippen LogP contribution in [0, 0.1) is 0 Å². The Labute approximate surface area is 141 Å². The van der Waals surface area contributed by atoms with Crippen molar-refractivity contribution in [2.45, 2.75) is 45.7 Å². The highest BCUT2D eigenvalue weighted by atomic mass is 16.4. The van der Waals surface area contributed by atoms with Crippen LogP contribution in [0.4, 0.5) is 0 Å². The maximum absolute atomic E-state index is 12.7. The largest absolute Gasteiger partial charge is 0.477 e. The van der Waals surface area contributed by atoms with E-state index in [1.807, 2.05) is 12.1 Å². The van der Waals surface area contributed by atoms with E-state index in [9.17, 15) is 14.7 Å².